The summed E-state index contributed by atoms with van der Waals surface area (Å²) in [6.45, 7) is 0. The molecule has 0 radical (unpaired) electrons. The van der Waals surface area contributed by atoms with Crippen molar-refractivity contribution in [3.05, 3.63) is 69.7 Å². The summed E-state index contributed by atoms with van der Waals surface area (Å²) < 4.78 is 0. The molecule has 26 heavy (non-hydrogen) atoms. The molecular weight excluding hydrogens is 411 g/mol. The van der Waals surface area contributed by atoms with Crippen molar-refractivity contribution in [1.82, 2.24) is 10.0 Å². The molecule has 2 fully saturated rings. The van der Waals surface area contributed by atoms with Crippen LogP contribution in [0.3, 0.4) is 0 Å². The number of halogens is 2. The van der Waals surface area contributed by atoms with Gasteiger partial charge in [-0.25, -0.2) is 10.0 Å². The first kappa shape index (κ1) is 18.0. The molecule has 0 N–H and O–H groups in total. The zero-order chi connectivity index (χ0) is 18.3. The second kappa shape index (κ2) is 7.35. The maximum atomic E-state index is 12.7. The number of nitrogens with zero attached hydrogens (tertiary/aromatic N) is 2. The lowest BCUT2D eigenvalue weighted by Gasteiger charge is -2.36. The van der Waals surface area contributed by atoms with E-state index in [0.717, 1.165) is 11.1 Å². The van der Waals surface area contributed by atoms with E-state index in [1.807, 2.05) is 36.4 Å². The normalized spacial score (nSPS) is 23.2. The van der Waals surface area contributed by atoms with Gasteiger partial charge in [-0.1, -0.05) is 59.6 Å². The van der Waals surface area contributed by atoms with Crippen LogP contribution in [0.5, 0.6) is 0 Å². The van der Waals surface area contributed by atoms with Crippen LogP contribution in [0.1, 0.15) is 21.9 Å². The van der Waals surface area contributed by atoms with Crippen molar-refractivity contribution in [1.29, 1.82) is 0 Å². The minimum atomic E-state index is -0.330. The molecule has 2 aliphatic rings. The summed E-state index contributed by atoms with van der Waals surface area (Å²) in [6.07, 6.45) is 0. The molecule has 0 bridgehead atoms. The number of thioether (sulfide) groups is 2. The van der Waals surface area contributed by atoms with Crippen LogP contribution in [0.4, 0.5) is 0 Å². The van der Waals surface area contributed by atoms with Crippen molar-refractivity contribution < 1.29 is 9.59 Å². The van der Waals surface area contributed by atoms with Gasteiger partial charge in [0.05, 0.1) is 11.5 Å². The third kappa shape index (κ3) is 3.09. The van der Waals surface area contributed by atoms with Gasteiger partial charge in [0.2, 0.25) is 0 Å². The molecule has 0 aromatic heterocycles. The van der Waals surface area contributed by atoms with Crippen molar-refractivity contribution in [3.8, 4) is 0 Å². The Morgan fingerprint density at radius 2 is 1.12 bits per heavy atom. The maximum Gasteiger partial charge on any atom is 0.252 e. The van der Waals surface area contributed by atoms with Crippen molar-refractivity contribution in [3.63, 3.8) is 0 Å². The lowest BCUT2D eigenvalue weighted by atomic mass is 10.2. The zero-order valence-electron chi connectivity index (χ0n) is 13.5. The lowest BCUT2D eigenvalue weighted by molar-refractivity contribution is -0.161. The Morgan fingerprint density at radius 3 is 1.50 bits per heavy atom. The Morgan fingerprint density at radius 1 is 0.731 bits per heavy atom. The summed E-state index contributed by atoms with van der Waals surface area (Å²) in [6, 6.07) is 14.8. The number of benzene rings is 2. The number of rotatable bonds is 3. The number of carbonyl (C=O) groups excluding carboxylic acids is 2. The third-order valence-electron chi connectivity index (χ3n) is 4.26. The van der Waals surface area contributed by atoms with Crippen LogP contribution < -0.4 is 0 Å². The van der Waals surface area contributed by atoms with Gasteiger partial charge in [0.1, 0.15) is 10.7 Å². The number of hydrogen-bond donors (Lipinski definition) is 0. The lowest BCUT2D eigenvalue weighted by Crippen LogP contribution is -2.47. The Bertz CT molecular complexity index is 808. The smallest absolute Gasteiger partial charge is 0.252 e. The molecule has 4 nitrogen and oxygen atoms in total. The number of carbonyl (C=O) groups is 2. The summed E-state index contributed by atoms with van der Waals surface area (Å²) in [5, 5.41) is 3.62. The predicted octanol–water partition coefficient (Wildman–Crippen LogP) is 4.76. The summed E-state index contributed by atoms with van der Waals surface area (Å²) >= 11 is 15.7. The van der Waals surface area contributed by atoms with Gasteiger partial charge in [-0.15, -0.1) is 23.5 Å². The number of hydrazine groups is 1. The van der Waals surface area contributed by atoms with Crippen LogP contribution in [-0.2, 0) is 9.59 Å². The Balaban J connectivity index is 1.75. The van der Waals surface area contributed by atoms with Crippen LogP contribution in [0, 0.1) is 0 Å². The second-order valence-electron chi connectivity index (χ2n) is 5.85. The molecule has 2 amide bonds. The largest absolute Gasteiger partial charge is 0.272 e. The molecule has 0 aliphatic carbocycles. The topological polar surface area (TPSA) is 40.6 Å². The molecule has 2 atom stereocenters. The van der Waals surface area contributed by atoms with Crippen molar-refractivity contribution in [2.75, 3.05) is 11.5 Å². The first-order valence-electron chi connectivity index (χ1n) is 7.94. The Hall–Kier alpha value is -1.34. The van der Waals surface area contributed by atoms with E-state index in [-0.39, 0.29) is 22.6 Å². The highest BCUT2D eigenvalue weighted by Crippen LogP contribution is 2.49. The van der Waals surface area contributed by atoms with Gasteiger partial charge in [0.25, 0.3) is 11.8 Å². The second-order valence-corrected chi connectivity index (χ2v) is 8.80. The van der Waals surface area contributed by atoms with E-state index in [1.165, 1.54) is 23.5 Å². The molecule has 2 aliphatic heterocycles. The first-order chi connectivity index (χ1) is 12.6. The Kier molecular flexibility index (Phi) is 5.10. The number of hydrogen-bond acceptors (Lipinski definition) is 4. The number of amides is 2. The molecule has 2 heterocycles. The molecule has 2 aromatic carbocycles. The molecule has 2 aromatic rings. The van der Waals surface area contributed by atoms with Gasteiger partial charge >= 0.3 is 0 Å². The van der Waals surface area contributed by atoms with Crippen LogP contribution in [0.2, 0.25) is 10.0 Å². The van der Waals surface area contributed by atoms with E-state index in [2.05, 4.69) is 0 Å². The van der Waals surface area contributed by atoms with Crippen molar-refractivity contribution in [2.24, 2.45) is 0 Å². The van der Waals surface area contributed by atoms with Gasteiger partial charge in [0, 0.05) is 21.2 Å². The standard InChI is InChI=1S/C18H14Cl2N2O2S2/c19-13-7-3-1-5-11(13)17-21(15(23)9-25-17)22-16(24)10-26-18(22)12-6-2-4-8-14(12)20/h1-8,17-18H,9-10H2. The van der Waals surface area contributed by atoms with E-state index in [9.17, 15) is 9.59 Å². The van der Waals surface area contributed by atoms with E-state index in [4.69, 9.17) is 23.2 Å². The maximum absolute atomic E-state index is 12.7. The summed E-state index contributed by atoms with van der Waals surface area (Å²) in [7, 11) is 0. The van der Waals surface area contributed by atoms with Crippen LogP contribution in [-0.4, -0.2) is 33.3 Å². The van der Waals surface area contributed by atoms with Gasteiger partial charge in [-0.05, 0) is 12.1 Å². The molecule has 8 heteroatoms. The fourth-order valence-corrected chi connectivity index (χ4v) is 6.06. The minimum absolute atomic E-state index is 0.104. The molecule has 0 spiro atoms. The average Bonchev–Trinajstić information content (AvgIpc) is 3.18. The van der Waals surface area contributed by atoms with E-state index >= 15 is 0 Å². The molecule has 2 saturated heterocycles. The fourth-order valence-electron chi connectivity index (χ4n) is 3.10. The van der Waals surface area contributed by atoms with Gasteiger partial charge in [0.15, 0.2) is 0 Å². The van der Waals surface area contributed by atoms with E-state index < -0.39 is 0 Å². The fraction of sp³-hybridized carbons (Fsp3) is 0.222. The SMILES string of the molecule is O=C1CSC(c2ccccc2Cl)N1N1C(=O)CSC1c1ccccc1Cl. The van der Waals surface area contributed by atoms with E-state index in [1.54, 1.807) is 22.2 Å². The average molecular weight is 425 g/mol. The monoisotopic (exact) mass is 424 g/mol. The van der Waals surface area contributed by atoms with Gasteiger partial charge in [-0.2, -0.15) is 0 Å². The van der Waals surface area contributed by atoms with E-state index in [0.29, 0.717) is 21.6 Å². The minimum Gasteiger partial charge on any atom is -0.272 e. The van der Waals surface area contributed by atoms with Gasteiger partial charge in [-0.3, -0.25) is 9.59 Å². The highest BCUT2D eigenvalue weighted by atomic mass is 35.5. The quantitative estimate of drug-likeness (QED) is 0.711. The third-order valence-corrected chi connectivity index (χ3v) is 7.31. The first-order valence-corrected chi connectivity index (χ1v) is 10.8. The van der Waals surface area contributed by atoms with Crippen LogP contribution >= 0.6 is 46.7 Å². The highest BCUT2D eigenvalue weighted by Gasteiger charge is 2.46. The van der Waals surface area contributed by atoms with Crippen molar-refractivity contribution >= 4 is 58.5 Å². The molecule has 2 unspecified atom stereocenters. The molecular formula is C18H14Cl2N2O2S2. The Labute approximate surface area is 169 Å². The summed E-state index contributed by atoms with van der Waals surface area (Å²) in [5.74, 6) is 0.403. The highest BCUT2D eigenvalue weighted by molar-refractivity contribution is 8.01. The van der Waals surface area contributed by atoms with Crippen LogP contribution in [0.15, 0.2) is 48.5 Å². The summed E-state index contributed by atoms with van der Waals surface area (Å²) in [4.78, 5) is 25.4. The zero-order valence-corrected chi connectivity index (χ0v) is 16.6. The molecule has 0 saturated carbocycles. The van der Waals surface area contributed by atoms with Gasteiger partial charge < -0.3 is 0 Å². The van der Waals surface area contributed by atoms with Crippen LogP contribution in [0.25, 0.3) is 0 Å². The molecule has 134 valence electrons. The predicted molar refractivity (Wildman–Crippen MR) is 107 cm³/mol. The molecule has 4 rings (SSSR count). The van der Waals surface area contributed by atoms with Crippen molar-refractivity contribution in [2.45, 2.75) is 10.7 Å². The summed E-state index contributed by atoms with van der Waals surface area (Å²) in [5.41, 5.74) is 1.65.